The minimum Gasteiger partial charge on any atom is -0.373 e. The monoisotopic (exact) mass is 311 g/mol. The number of hydrogen-bond acceptors (Lipinski definition) is 3. The van der Waals surface area contributed by atoms with E-state index < -0.39 is 0 Å². The van der Waals surface area contributed by atoms with Gasteiger partial charge >= 0.3 is 0 Å². The molecule has 4 heteroatoms. The number of nitrogens with one attached hydrogen (secondary N) is 1. The van der Waals surface area contributed by atoms with Gasteiger partial charge in [-0.3, -0.25) is 4.79 Å². The van der Waals surface area contributed by atoms with Gasteiger partial charge in [0.25, 0.3) is 5.91 Å². The quantitative estimate of drug-likeness (QED) is 0.762. The van der Waals surface area contributed by atoms with Crippen LogP contribution in [0.25, 0.3) is 0 Å². The molecule has 1 heterocycles. The van der Waals surface area contributed by atoms with Gasteiger partial charge < -0.3 is 14.8 Å². The number of carbonyl (C=O) groups excluding carboxylic acids is 1. The highest BCUT2D eigenvalue weighted by molar-refractivity contribution is 5.94. The maximum atomic E-state index is 12.2. The van der Waals surface area contributed by atoms with E-state index >= 15 is 0 Å². The van der Waals surface area contributed by atoms with E-state index in [1.54, 1.807) is 12.1 Å². The second-order valence-corrected chi connectivity index (χ2v) is 5.68. The third-order valence-corrected chi connectivity index (χ3v) is 3.75. The van der Waals surface area contributed by atoms with Crippen LogP contribution in [-0.4, -0.2) is 37.9 Å². The van der Waals surface area contributed by atoms with E-state index in [9.17, 15) is 4.79 Å². The lowest BCUT2D eigenvalue weighted by atomic mass is 10.1. The molecule has 23 heavy (non-hydrogen) atoms. The summed E-state index contributed by atoms with van der Waals surface area (Å²) in [6.07, 6.45) is 0.926. The average Bonchev–Trinajstić information content (AvgIpc) is 3.43. The van der Waals surface area contributed by atoms with Crippen molar-refractivity contribution >= 4 is 5.91 Å². The molecule has 1 aliphatic heterocycles. The fraction of sp³-hybridized carbons (Fsp3) is 0.316. The van der Waals surface area contributed by atoms with Crippen molar-refractivity contribution in [1.29, 1.82) is 0 Å². The average molecular weight is 311 g/mol. The maximum absolute atomic E-state index is 12.2. The van der Waals surface area contributed by atoms with Crippen molar-refractivity contribution in [2.45, 2.75) is 18.6 Å². The van der Waals surface area contributed by atoms with Crippen molar-refractivity contribution in [3.8, 4) is 0 Å². The van der Waals surface area contributed by atoms with Crippen LogP contribution >= 0.6 is 0 Å². The van der Waals surface area contributed by atoms with E-state index in [0.29, 0.717) is 18.7 Å². The Hall–Kier alpha value is -2.17. The summed E-state index contributed by atoms with van der Waals surface area (Å²) in [5, 5.41) is 2.96. The number of hydrogen-bond donors (Lipinski definition) is 1. The fourth-order valence-electron chi connectivity index (χ4n) is 2.37. The highest BCUT2D eigenvalue weighted by Gasteiger charge is 2.24. The van der Waals surface area contributed by atoms with Crippen LogP contribution in [0.1, 0.15) is 15.9 Å². The van der Waals surface area contributed by atoms with E-state index in [1.165, 1.54) is 5.56 Å². The lowest BCUT2D eigenvalue weighted by Gasteiger charge is -2.18. The summed E-state index contributed by atoms with van der Waals surface area (Å²) in [5.41, 5.74) is 1.86. The Morgan fingerprint density at radius 1 is 1.13 bits per heavy atom. The molecular formula is C19H21NO3. The Labute approximate surface area is 136 Å². The van der Waals surface area contributed by atoms with Gasteiger partial charge in [-0.1, -0.05) is 48.5 Å². The van der Waals surface area contributed by atoms with Crippen LogP contribution in [-0.2, 0) is 15.9 Å². The van der Waals surface area contributed by atoms with E-state index in [1.807, 2.05) is 36.4 Å². The molecule has 0 spiro atoms. The Balaban J connectivity index is 1.55. The van der Waals surface area contributed by atoms with Gasteiger partial charge in [-0.05, 0) is 17.7 Å². The van der Waals surface area contributed by atoms with Gasteiger partial charge in [-0.25, -0.2) is 0 Å². The topological polar surface area (TPSA) is 50.9 Å². The van der Waals surface area contributed by atoms with Crippen molar-refractivity contribution in [2.75, 3.05) is 19.8 Å². The van der Waals surface area contributed by atoms with Crippen LogP contribution in [0.15, 0.2) is 60.7 Å². The van der Waals surface area contributed by atoms with Gasteiger partial charge in [0.15, 0.2) is 0 Å². The van der Waals surface area contributed by atoms with Crippen molar-refractivity contribution in [1.82, 2.24) is 5.32 Å². The van der Waals surface area contributed by atoms with Crippen LogP contribution in [0, 0.1) is 0 Å². The first kappa shape index (κ1) is 15.7. The van der Waals surface area contributed by atoms with Crippen molar-refractivity contribution < 1.29 is 14.3 Å². The lowest BCUT2D eigenvalue weighted by Crippen LogP contribution is -2.35. The molecule has 0 aliphatic carbocycles. The molecule has 1 N–H and O–H groups in total. The molecule has 0 radical (unpaired) electrons. The predicted molar refractivity (Wildman–Crippen MR) is 88.4 cm³/mol. The van der Waals surface area contributed by atoms with Gasteiger partial charge in [0, 0.05) is 18.5 Å². The SMILES string of the molecule is O=C(NCC(Cc1ccccc1)OCC1CO1)c1ccccc1. The fourth-order valence-corrected chi connectivity index (χ4v) is 2.37. The summed E-state index contributed by atoms with van der Waals surface area (Å²) in [4.78, 5) is 12.2. The van der Waals surface area contributed by atoms with Crippen LogP contribution in [0.4, 0.5) is 0 Å². The third kappa shape index (κ3) is 5.20. The first-order chi connectivity index (χ1) is 11.3. The second-order valence-electron chi connectivity index (χ2n) is 5.68. The first-order valence-electron chi connectivity index (χ1n) is 7.91. The van der Waals surface area contributed by atoms with Crippen molar-refractivity contribution in [3.63, 3.8) is 0 Å². The van der Waals surface area contributed by atoms with Gasteiger partial charge in [0.1, 0.15) is 6.10 Å². The number of benzene rings is 2. The zero-order valence-electron chi connectivity index (χ0n) is 13.0. The van der Waals surface area contributed by atoms with Crippen LogP contribution in [0.5, 0.6) is 0 Å². The predicted octanol–water partition coefficient (Wildman–Crippen LogP) is 2.44. The van der Waals surface area contributed by atoms with Crippen LogP contribution < -0.4 is 5.32 Å². The minimum absolute atomic E-state index is 0.0609. The summed E-state index contributed by atoms with van der Waals surface area (Å²) in [7, 11) is 0. The number of amides is 1. The molecule has 2 unspecified atom stereocenters. The van der Waals surface area contributed by atoms with Crippen molar-refractivity contribution in [3.05, 3.63) is 71.8 Å². The third-order valence-electron chi connectivity index (χ3n) is 3.75. The normalized spacial score (nSPS) is 17.5. The van der Waals surface area contributed by atoms with E-state index in [4.69, 9.17) is 9.47 Å². The highest BCUT2D eigenvalue weighted by Crippen LogP contribution is 2.12. The molecule has 0 bridgehead atoms. The van der Waals surface area contributed by atoms with E-state index in [2.05, 4.69) is 17.4 Å². The molecule has 1 aliphatic rings. The highest BCUT2D eigenvalue weighted by atomic mass is 16.6. The zero-order chi connectivity index (χ0) is 15.9. The summed E-state index contributed by atoms with van der Waals surface area (Å²) >= 11 is 0. The number of ether oxygens (including phenoxy) is 2. The molecule has 1 saturated heterocycles. The molecule has 3 rings (SSSR count). The van der Waals surface area contributed by atoms with Gasteiger partial charge in [-0.15, -0.1) is 0 Å². The molecule has 1 amide bonds. The van der Waals surface area contributed by atoms with Crippen LogP contribution in [0.3, 0.4) is 0 Å². The molecule has 2 aromatic rings. The number of carbonyl (C=O) groups is 1. The first-order valence-corrected chi connectivity index (χ1v) is 7.91. The molecule has 0 saturated carbocycles. The second kappa shape index (κ2) is 7.90. The van der Waals surface area contributed by atoms with Gasteiger partial charge in [-0.2, -0.15) is 0 Å². The Kier molecular flexibility index (Phi) is 5.40. The molecule has 1 fully saturated rings. The molecular weight excluding hydrogens is 290 g/mol. The molecule has 120 valence electrons. The largest absolute Gasteiger partial charge is 0.373 e. The summed E-state index contributed by atoms with van der Waals surface area (Å²) in [6, 6.07) is 19.4. The van der Waals surface area contributed by atoms with Gasteiger partial charge in [0.2, 0.25) is 0 Å². The summed E-state index contributed by atoms with van der Waals surface area (Å²) < 4.78 is 11.1. The Morgan fingerprint density at radius 3 is 2.43 bits per heavy atom. The summed E-state index contributed by atoms with van der Waals surface area (Å²) in [6.45, 7) is 1.84. The number of rotatable bonds is 8. The lowest BCUT2D eigenvalue weighted by molar-refractivity contribution is 0.0418. The van der Waals surface area contributed by atoms with Gasteiger partial charge in [0.05, 0.1) is 19.3 Å². The maximum Gasteiger partial charge on any atom is 0.251 e. The van der Waals surface area contributed by atoms with E-state index in [-0.39, 0.29) is 18.1 Å². The van der Waals surface area contributed by atoms with E-state index in [0.717, 1.165) is 13.0 Å². The Morgan fingerprint density at radius 2 is 1.78 bits per heavy atom. The summed E-state index contributed by atoms with van der Waals surface area (Å²) in [5.74, 6) is -0.0741. The smallest absolute Gasteiger partial charge is 0.251 e. The van der Waals surface area contributed by atoms with Crippen LogP contribution in [0.2, 0.25) is 0 Å². The molecule has 0 aromatic heterocycles. The molecule has 4 nitrogen and oxygen atoms in total. The Bertz CT molecular complexity index is 611. The standard InChI is InChI=1S/C19H21NO3/c21-19(16-9-5-2-6-10-16)20-12-17(22-13-18-14-23-18)11-15-7-3-1-4-8-15/h1-10,17-18H,11-14H2,(H,20,21). The molecule has 2 atom stereocenters. The zero-order valence-corrected chi connectivity index (χ0v) is 13.0. The minimum atomic E-state index is -0.0741. The molecule has 2 aromatic carbocycles. The number of epoxide rings is 1. The van der Waals surface area contributed by atoms with Crippen molar-refractivity contribution in [2.24, 2.45) is 0 Å².